The number of hydrogen-bond acceptors (Lipinski definition) is 7. The maximum absolute atomic E-state index is 12.8. The van der Waals surface area contributed by atoms with Crippen LogP contribution in [0.25, 0.3) is 10.9 Å². The number of ether oxygens (including phenoxy) is 2. The first-order valence-corrected chi connectivity index (χ1v) is 12.4. The molecule has 1 N–H and O–H groups in total. The summed E-state index contributed by atoms with van der Waals surface area (Å²) < 4.78 is 10.9. The van der Waals surface area contributed by atoms with Gasteiger partial charge in [-0.1, -0.05) is 37.1 Å². The number of rotatable bonds is 9. The van der Waals surface area contributed by atoms with E-state index in [9.17, 15) is 9.59 Å². The normalized spacial score (nSPS) is 16.1. The lowest BCUT2D eigenvalue weighted by molar-refractivity contribution is -0.155. The monoisotopic (exact) mass is 495 g/mol. The van der Waals surface area contributed by atoms with Crippen molar-refractivity contribution < 1.29 is 19.1 Å². The fourth-order valence-corrected chi connectivity index (χ4v) is 4.43. The van der Waals surface area contributed by atoms with E-state index >= 15 is 0 Å². The molecule has 1 aliphatic heterocycles. The molecule has 184 valence electrons. The van der Waals surface area contributed by atoms with Gasteiger partial charge in [0.25, 0.3) is 0 Å². The SMILES string of the molecule is CCCCN1CCCC(OC(=O)COC(=O)c2ccccc2Nc2ccnc3cc(Cl)ccc23)C1. The van der Waals surface area contributed by atoms with Gasteiger partial charge in [0.2, 0.25) is 0 Å². The van der Waals surface area contributed by atoms with Gasteiger partial charge in [-0.25, -0.2) is 9.59 Å². The third kappa shape index (κ3) is 6.71. The fraction of sp³-hybridized carbons (Fsp3) is 0.370. The quantitative estimate of drug-likeness (QED) is 0.387. The van der Waals surface area contributed by atoms with E-state index in [1.807, 2.05) is 18.2 Å². The number of fused-ring (bicyclic) bond motifs is 1. The Labute approximate surface area is 210 Å². The van der Waals surface area contributed by atoms with Crippen LogP contribution in [0.3, 0.4) is 0 Å². The number of carbonyl (C=O) groups is 2. The minimum atomic E-state index is -0.598. The molecular formula is C27H30ClN3O4. The average Bonchev–Trinajstić information content (AvgIpc) is 2.86. The topological polar surface area (TPSA) is 80.8 Å². The van der Waals surface area contributed by atoms with Crippen LogP contribution in [0.4, 0.5) is 11.4 Å². The first kappa shape index (κ1) is 24.9. The average molecular weight is 496 g/mol. The summed E-state index contributed by atoms with van der Waals surface area (Å²) >= 11 is 6.09. The number of likely N-dealkylation sites (tertiary alicyclic amines) is 1. The van der Waals surface area contributed by atoms with Crippen LogP contribution in [-0.2, 0) is 14.3 Å². The van der Waals surface area contributed by atoms with Crippen LogP contribution in [0.15, 0.2) is 54.7 Å². The molecule has 1 atom stereocenters. The molecule has 35 heavy (non-hydrogen) atoms. The number of benzene rings is 2. The second-order valence-corrected chi connectivity index (χ2v) is 9.11. The first-order valence-electron chi connectivity index (χ1n) is 12.0. The predicted octanol–water partition coefficient (Wildman–Crippen LogP) is 5.60. The minimum Gasteiger partial charge on any atom is -0.458 e. The standard InChI is InChI=1S/C27H30ClN3O4/c1-2-3-14-31-15-6-7-20(17-31)35-26(32)18-34-27(33)22-8-4-5-9-23(22)30-24-12-13-29-25-16-19(28)10-11-21(24)25/h4-5,8-13,16,20H,2-3,6-7,14-15,17-18H2,1H3,(H,29,30). The molecule has 3 aromatic rings. The van der Waals surface area contributed by atoms with E-state index in [0.29, 0.717) is 16.3 Å². The highest BCUT2D eigenvalue weighted by Crippen LogP contribution is 2.29. The molecule has 7 nitrogen and oxygen atoms in total. The van der Waals surface area contributed by atoms with Crippen molar-refractivity contribution in [2.45, 2.75) is 38.7 Å². The molecule has 0 radical (unpaired) electrons. The lowest BCUT2D eigenvalue weighted by Crippen LogP contribution is -2.41. The Kier molecular flexibility index (Phi) is 8.55. The van der Waals surface area contributed by atoms with Crippen LogP contribution in [-0.4, -0.2) is 54.2 Å². The van der Waals surface area contributed by atoms with E-state index in [1.165, 1.54) is 0 Å². The van der Waals surface area contributed by atoms with Gasteiger partial charge in [0.15, 0.2) is 6.61 Å². The first-order chi connectivity index (χ1) is 17.0. The largest absolute Gasteiger partial charge is 0.458 e. The number of anilines is 2. The third-order valence-corrected chi connectivity index (χ3v) is 6.27. The molecule has 1 unspecified atom stereocenters. The molecule has 2 heterocycles. The van der Waals surface area contributed by atoms with E-state index in [1.54, 1.807) is 36.5 Å². The van der Waals surface area contributed by atoms with Gasteiger partial charge in [0, 0.05) is 28.8 Å². The van der Waals surface area contributed by atoms with Crippen LogP contribution < -0.4 is 5.32 Å². The van der Waals surface area contributed by atoms with E-state index in [4.69, 9.17) is 21.1 Å². The van der Waals surface area contributed by atoms with E-state index in [-0.39, 0.29) is 6.10 Å². The number of para-hydroxylation sites is 1. The molecule has 2 aromatic carbocycles. The molecule has 0 aliphatic carbocycles. The van der Waals surface area contributed by atoms with Gasteiger partial charge in [-0.15, -0.1) is 0 Å². The van der Waals surface area contributed by atoms with Crippen LogP contribution in [0.1, 0.15) is 43.0 Å². The summed E-state index contributed by atoms with van der Waals surface area (Å²) in [7, 11) is 0. The van der Waals surface area contributed by atoms with Gasteiger partial charge in [-0.3, -0.25) is 9.88 Å². The molecule has 0 spiro atoms. The van der Waals surface area contributed by atoms with Crippen molar-refractivity contribution in [1.29, 1.82) is 0 Å². The van der Waals surface area contributed by atoms with Crippen molar-refractivity contribution in [3.63, 3.8) is 0 Å². The maximum atomic E-state index is 12.8. The molecular weight excluding hydrogens is 466 g/mol. The molecule has 0 saturated carbocycles. The zero-order valence-corrected chi connectivity index (χ0v) is 20.6. The highest BCUT2D eigenvalue weighted by molar-refractivity contribution is 6.31. The van der Waals surface area contributed by atoms with Crippen LogP contribution in [0, 0.1) is 0 Å². The van der Waals surface area contributed by atoms with Crippen molar-refractivity contribution in [3.05, 3.63) is 65.3 Å². The molecule has 1 aromatic heterocycles. The number of halogens is 1. The number of pyridine rings is 1. The summed E-state index contributed by atoms with van der Waals surface area (Å²) in [5.74, 6) is -1.12. The van der Waals surface area contributed by atoms with Gasteiger partial charge in [-0.05, 0) is 68.8 Å². The zero-order chi connectivity index (χ0) is 24.6. The summed E-state index contributed by atoms with van der Waals surface area (Å²) in [6.45, 7) is 4.53. The number of aromatic nitrogens is 1. The second-order valence-electron chi connectivity index (χ2n) is 8.67. The zero-order valence-electron chi connectivity index (χ0n) is 19.8. The van der Waals surface area contributed by atoms with Crippen molar-refractivity contribution >= 4 is 45.8 Å². The summed E-state index contributed by atoms with van der Waals surface area (Å²) in [5, 5.41) is 4.75. The second kappa shape index (κ2) is 12.0. The molecule has 0 bridgehead atoms. The number of piperidine rings is 1. The number of esters is 2. The molecule has 8 heteroatoms. The number of nitrogens with zero attached hydrogens (tertiary/aromatic N) is 2. The Morgan fingerprint density at radius 1 is 1.17 bits per heavy atom. The van der Waals surface area contributed by atoms with Crippen LogP contribution >= 0.6 is 11.6 Å². The number of unbranched alkanes of at least 4 members (excludes halogenated alkanes) is 1. The summed E-state index contributed by atoms with van der Waals surface area (Å²) in [4.78, 5) is 31.9. The van der Waals surface area contributed by atoms with Gasteiger partial charge >= 0.3 is 11.9 Å². The van der Waals surface area contributed by atoms with Gasteiger partial charge in [0.05, 0.1) is 16.8 Å². The van der Waals surface area contributed by atoms with Gasteiger partial charge < -0.3 is 14.8 Å². The fourth-order valence-electron chi connectivity index (χ4n) is 4.26. The molecule has 0 amide bonds. The Morgan fingerprint density at radius 3 is 2.89 bits per heavy atom. The summed E-state index contributed by atoms with van der Waals surface area (Å²) in [6.07, 6.45) is 5.62. The Hall–Kier alpha value is -3.16. The minimum absolute atomic E-state index is 0.158. The van der Waals surface area contributed by atoms with E-state index in [2.05, 4.69) is 22.1 Å². The maximum Gasteiger partial charge on any atom is 0.344 e. The van der Waals surface area contributed by atoms with Gasteiger partial charge in [-0.2, -0.15) is 0 Å². The van der Waals surface area contributed by atoms with Crippen molar-refractivity contribution in [1.82, 2.24) is 9.88 Å². The lowest BCUT2D eigenvalue weighted by atomic mass is 10.1. The molecule has 1 aliphatic rings. The Morgan fingerprint density at radius 2 is 2.03 bits per heavy atom. The summed E-state index contributed by atoms with van der Waals surface area (Å²) in [6, 6.07) is 14.3. The van der Waals surface area contributed by atoms with Crippen LogP contribution in [0.5, 0.6) is 0 Å². The third-order valence-electron chi connectivity index (χ3n) is 6.03. The predicted molar refractivity (Wildman–Crippen MR) is 137 cm³/mol. The molecule has 4 rings (SSSR count). The van der Waals surface area contributed by atoms with E-state index in [0.717, 1.165) is 61.9 Å². The van der Waals surface area contributed by atoms with Crippen molar-refractivity contribution in [2.24, 2.45) is 0 Å². The Balaban J connectivity index is 1.37. The molecule has 1 fully saturated rings. The number of hydrogen-bond donors (Lipinski definition) is 1. The highest BCUT2D eigenvalue weighted by Gasteiger charge is 2.23. The Bertz CT molecular complexity index is 1190. The molecule has 1 saturated heterocycles. The van der Waals surface area contributed by atoms with E-state index < -0.39 is 18.5 Å². The number of nitrogens with one attached hydrogen (secondary N) is 1. The van der Waals surface area contributed by atoms with Crippen molar-refractivity contribution in [2.75, 3.05) is 31.6 Å². The van der Waals surface area contributed by atoms with Crippen molar-refractivity contribution in [3.8, 4) is 0 Å². The lowest BCUT2D eigenvalue weighted by Gasteiger charge is -2.32. The van der Waals surface area contributed by atoms with Crippen LogP contribution in [0.2, 0.25) is 5.02 Å². The highest BCUT2D eigenvalue weighted by atomic mass is 35.5. The smallest absolute Gasteiger partial charge is 0.344 e. The summed E-state index contributed by atoms with van der Waals surface area (Å²) in [5.41, 5.74) is 2.40. The number of carbonyl (C=O) groups excluding carboxylic acids is 2. The van der Waals surface area contributed by atoms with Gasteiger partial charge in [0.1, 0.15) is 6.10 Å².